The van der Waals surface area contributed by atoms with E-state index in [1.165, 1.54) is 40.0 Å². The first-order valence-corrected chi connectivity index (χ1v) is 10.1. The Morgan fingerprint density at radius 2 is 1.67 bits per heavy atom. The molecule has 1 aromatic heterocycles. The zero-order valence-electron chi connectivity index (χ0n) is 19.3. The number of hydrogen-bond acceptors (Lipinski definition) is 11. The average Bonchev–Trinajstić information content (AvgIpc) is 2.66. The molecular weight excluding hydrogens is 440 g/mol. The monoisotopic (exact) mass is 468 g/mol. The number of likely N-dealkylation sites (N-methyl/N-ethyl adjacent to an activating group) is 1. The lowest BCUT2D eigenvalue weighted by atomic mass is 9.94. The number of carbonyl (C=O) groups is 4. The van der Waals surface area contributed by atoms with Gasteiger partial charge in [-0.1, -0.05) is 0 Å². The first-order valence-electron chi connectivity index (χ1n) is 10.1. The van der Waals surface area contributed by atoms with Crippen LogP contribution >= 0.6 is 0 Å². The molecule has 1 aromatic rings. The number of rotatable bonds is 7. The summed E-state index contributed by atoms with van der Waals surface area (Å²) in [5.74, 6) is -2.27. The van der Waals surface area contributed by atoms with Crippen LogP contribution in [0.25, 0.3) is 0 Å². The molecular formula is C20H28N4O9. The van der Waals surface area contributed by atoms with Crippen LogP contribution in [0, 0.1) is 0 Å². The van der Waals surface area contributed by atoms with Crippen LogP contribution in [-0.2, 0) is 38.1 Å². The van der Waals surface area contributed by atoms with E-state index >= 15 is 0 Å². The molecule has 5 atom stereocenters. The fourth-order valence-electron chi connectivity index (χ4n) is 3.54. The standard InChI is InChI=1S/C20H28N4O9/c1-10(25)21-15-7-8-24(20(29)22-15)19-16(23(5)6)18(32-13(4)28)17(31-12(3)27)14(33-19)9-30-11(2)26/h7-8,14,16-19H,9H2,1-6H3,(H,21,22,25,29)/t14-,16-,17-,18-,19-/m1/s1. The SMILES string of the molecule is CC(=O)Nc1ccn([C@@H]2O[C@H](COC(C)=O)[C@@H](OC(C)=O)[C@H](OC(C)=O)[C@H]2N(C)C)c(=O)n1. The average molecular weight is 468 g/mol. The van der Waals surface area contributed by atoms with Crippen molar-refractivity contribution in [3.05, 3.63) is 22.7 Å². The van der Waals surface area contributed by atoms with E-state index in [-0.39, 0.29) is 12.4 Å². The number of nitrogens with zero attached hydrogens (tertiary/aromatic N) is 3. The Bertz CT molecular complexity index is 961. The minimum Gasteiger partial charge on any atom is -0.463 e. The Hall–Kier alpha value is -3.32. The number of amides is 1. The summed E-state index contributed by atoms with van der Waals surface area (Å²) in [6.07, 6.45) is -2.99. The molecule has 1 fully saturated rings. The summed E-state index contributed by atoms with van der Waals surface area (Å²) in [7, 11) is 3.33. The van der Waals surface area contributed by atoms with Crippen LogP contribution in [0.15, 0.2) is 17.1 Å². The molecule has 0 spiro atoms. The topological polar surface area (TPSA) is 155 Å². The van der Waals surface area contributed by atoms with Gasteiger partial charge in [-0.15, -0.1) is 0 Å². The third-order valence-electron chi connectivity index (χ3n) is 4.69. The van der Waals surface area contributed by atoms with Crippen molar-refractivity contribution in [3.63, 3.8) is 0 Å². The molecule has 1 aliphatic heterocycles. The molecule has 0 unspecified atom stereocenters. The summed E-state index contributed by atoms with van der Waals surface area (Å²) in [6.45, 7) is 4.52. The lowest BCUT2D eigenvalue weighted by molar-refractivity contribution is -0.249. The number of anilines is 1. The lowest BCUT2D eigenvalue weighted by Crippen LogP contribution is -2.64. The van der Waals surface area contributed by atoms with Gasteiger partial charge in [0.05, 0.1) is 6.04 Å². The number of nitrogens with one attached hydrogen (secondary N) is 1. The van der Waals surface area contributed by atoms with Crippen LogP contribution < -0.4 is 11.0 Å². The van der Waals surface area contributed by atoms with Gasteiger partial charge in [-0.3, -0.25) is 28.6 Å². The highest BCUT2D eigenvalue weighted by Gasteiger charge is 2.52. The second kappa shape index (κ2) is 11.0. The minimum absolute atomic E-state index is 0.0479. The highest BCUT2D eigenvalue weighted by Crippen LogP contribution is 2.34. The fraction of sp³-hybridized carbons (Fsp3) is 0.600. The maximum absolute atomic E-state index is 12.8. The fourth-order valence-corrected chi connectivity index (χ4v) is 3.54. The number of hydrogen-bond donors (Lipinski definition) is 1. The van der Waals surface area contributed by atoms with Crippen LogP contribution in [0.3, 0.4) is 0 Å². The highest BCUT2D eigenvalue weighted by molar-refractivity contribution is 5.87. The van der Waals surface area contributed by atoms with Crippen molar-refractivity contribution in [1.29, 1.82) is 0 Å². The smallest absolute Gasteiger partial charge is 0.351 e. The molecule has 1 aliphatic rings. The van der Waals surface area contributed by atoms with Gasteiger partial charge in [-0.05, 0) is 20.2 Å². The summed E-state index contributed by atoms with van der Waals surface area (Å²) < 4.78 is 23.2. The van der Waals surface area contributed by atoms with Gasteiger partial charge in [-0.2, -0.15) is 4.98 Å². The van der Waals surface area contributed by atoms with Crippen LogP contribution in [-0.4, -0.2) is 83.3 Å². The minimum atomic E-state index is -1.13. The molecule has 0 saturated carbocycles. The first kappa shape index (κ1) is 25.9. The molecule has 2 heterocycles. The van der Waals surface area contributed by atoms with Crippen molar-refractivity contribution < 1.29 is 38.1 Å². The third-order valence-corrected chi connectivity index (χ3v) is 4.69. The maximum Gasteiger partial charge on any atom is 0.351 e. The van der Waals surface area contributed by atoms with Crippen molar-refractivity contribution in [3.8, 4) is 0 Å². The molecule has 1 N–H and O–H groups in total. The van der Waals surface area contributed by atoms with Crippen molar-refractivity contribution >= 4 is 29.6 Å². The predicted molar refractivity (Wildman–Crippen MR) is 112 cm³/mol. The number of ether oxygens (including phenoxy) is 4. The second-order valence-electron chi connectivity index (χ2n) is 7.65. The molecule has 1 saturated heterocycles. The summed E-state index contributed by atoms with van der Waals surface area (Å²) in [6, 6.07) is 0.594. The lowest BCUT2D eigenvalue weighted by Gasteiger charge is -2.47. The first-order chi connectivity index (χ1) is 15.4. The van der Waals surface area contributed by atoms with Gasteiger partial charge >= 0.3 is 23.6 Å². The molecule has 0 bridgehead atoms. The van der Waals surface area contributed by atoms with E-state index < -0.39 is 60.1 Å². The van der Waals surface area contributed by atoms with Gasteiger partial charge in [0.2, 0.25) is 5.91 Å². The Morgan fingerprint density at radius 3 is 2.15 bits per heavy atom. The van der Waals surface area contributed by atoms with E-state index in [0.29, 0.717) is 0 Å². The van der Waals surface area contributed by atoms with Gasteiger partial charge in [-0.25, -0.2) is 4.79 Å². The van der Waals surface area contributed by atoms with Gasteiger partial charge in [0.25, 0.3) is 0 Å². The Kier molecular flexibility index (Phi) is 8.65. The van der Waals surface area contributed by atoms with E-state index in [1.807, 2.05) is 0 Å². The molecule has 1 amide bonds. The second-order valence-corrected chi connectivity index (χ2v) is 7.65. The maximum atomic E-state index is 12.8. The number of aromatic nitrogens is 2. The van der Waals surface area contributed by atoms with Crippen LogP contribution in [0.4, 0.5) is 5.82 Å². The highest BCUT2D eigenvalue weighted by atomic mass is 16.6. The molecule has 182 valence electrons. The quantitative estimate of drug-likeness (QED) is 0.405. The third kappa shape index (κ3) is 6.83. The van der Waals surface area contributed by atoms with Crippen LogP contribution in [0.5, 0.6) is 0 Å². The van der Waals surface area contributed by atoms with Gasteiger partial charge < -0.3 is 24.3 Å². The molecule has 0 aromatic carbocycles. The molecule has 13 heteroatoms. The summed E-state index contributed by atoms with van der Waals surface area (Å²) >= 11 is 0. The molecule has 0 radical (unpaired) electrons. The summed E-state index contributed by atoms with van der Waals surface area (Å²) in [5, 5.41) is 2.42. The number of carbonyl (C=O) groups excluding carboxylic acids is 4. The van der Waals surface area contributed by atoms with Gasteiger partial charge in [0.1, 0.15) is 18.5 Å². The summed E-state index contributed by atoms with van der Waals surface area (Å²) in [5.41, 5.74) is -0.753. The molecule has 33 heavy (non-hydrogen) atoms. The normalized spacial score (nSPS) is 24.6. The zero-order chi connectivity index (χ0) is 24.9. The van der Waals surface area contributed by atoms with E-state index in [9.17, 15) is 24.0 Å². The van der Waals surface area contributed by atoms with Crippen molar-refractivity contribution in [2.75, 3.05) is 26.0 Å². The Balaban J connectivity index is 2.57. The van der Waals surface area contributed by atoms with Crippen molar-refractivity contribution in [1.82, 2.24) is 14.5 Å². The number of esters is 3. The molecule has 13 nitrogen and oxygen atoms in total. The molecule has 2 rings (SSSR count). The van der Waals surface area contributed by atoms with Crippen LogP contribution in [0.2, 0.25) is 0 Å². The summed E-state index contributed by atoms with van der Waals surface area (Å²) in [4.78, 5) is 64.6. The van der Waals surface area contributed by atoms with Crippen molar-refractivity contribution in [2.45, 2.75) is 58.3 Å². The van der Waals surface area contributed by atoms with E-state index in [2.05, 4.69) is 10.3 Å². The van der Waals surface area contributed by atoms with Crippen molar-refractivity contribution in [2.24, 2.45) is 0 Å². The predicted octanol–water partition coefficient (Wildman–Crippen LogP) is -0.544. The zero-order valence-corrected chi connectivity index (χ0v) is 19.3. The van der Waals surface area contributed by atoms with E-state index in [4.69, 9.17) is 18.9 Å². The Morgan fingerprint density at radius 1 is 1.06 bits per heavy atom. The van der Waals surface area contributed by atoms with Gasteiger partial charge in [0.15, 0.2) is 18.4 Å². The van der Waals surface area contributed by atoms with E-state index in [1.54, 1.807) is 19.0 Å². The molecule has 0 aliphatic carbocycles. The largest absolute Gasteiger partial charge is 0.463 e. The van der Waals surface area contributed by atoms with Gasteiger partial charge in [0, 0.05) is 33.9 Å². The van der Waals surface area contributed by atoms with Crippen LogP contribution in [0.1, 0.15) is 33.9 Å². The Labute approximate surface area is 189 Å². The van der Waals surface area contributed by atoms with E-state index in [0.717, 1.165) is 4.57 Å².